The molecule has 6 nitrogen and oxygen atoms in total. The van der Waals surface area contributed by atoms with Gasteiger partial charge >= 0.3 is 12.0 Å². The molecule has 0 saturated heterocycles. The predicted molar refractivity (Wildman–Crippen MR) is 73.2 cm³/mol. The van der Waals surface area contributed by atoms with Gasteiger partial charge in [-0.1, -0.05) is 20.8 Å². The number of carbonyl (C=O) groups is 2. The number of hydrogen-bond acceptors (Lipinski definition) is 3. The number of hydrogen-bond donors (Lipinski definition) is 2. The molecule has 0 aromatic heterocycles. The lowest BCUT2D eigenvalue weighted by Crippen LogP contribution is -2.44. The van der Waals surface area contributed by atoms with Crippen molar-refractivity contribution in [3.63, 3.8) is 0 Å². The normalized spacial score (nSPS) is 10.5. The fourth-order valence-electron chi connectivity index (χ4n) is 1.45. The monoisotopic (exact) mass is 274 g/mol. The van der Waals surface area contributed by atoms with Crippen molar-refractivity contribution in [2.24, 2.45) is 5.92 Å². The highest BCUT2D eigenvalue weighted by Gasteiger charge is 2.14. The molecule has 0 spiro atoms. The first-order chi connectivity index (χ1) is 8.97. The average molecular weight is 274 g/mol. The van der Waals surface area contributed by atoms with Crippen molar-refractivity contribution in [1.82, 2.24) is 10.2 Å². The Labute approximate surface area is 115 Å². The summed E-state index contributed by atoms with van der Waals surface area (Å²) >= 11 is 0. The number of nitrogens with zero attached hydrogens (tertiary/aromatic N) is 1. The quantitative estimate of drug-likeness (QED) is 0.592. The van der Waals surface area contributed by atoms with E-state index in [0.29, 0.717) is 32.2 Å². The molecule has 19 heavy (non-hydrogen) atoms. The van der Waals surface area contributed by atoms with Gasteiger partial charge in [0, 0.05) is 19.7 Å². The van der Waals surface area contributed by atoms with E-state index in [2.05, 4.69) is 19.2 Å². The molecule has 0 aliphatic rings. The van der Waals surface area contributed by atoms with Crippen LogP contribution >= 0.6 is 0 Å². The Morgan fingerprint density at radius 1 is 1.32 bits per heavy atom. The van der Waals surface area contributed by atoms with Gasteiger partial charge in [0.25, 0.3) is 0 Å². The molecular formula is C13H26N2O4. The molecule has 0 unspecified atom stereocenters. The number of carboxylic acids is 1. The summed E-state index contributed by atoms with van der Waals surface area (Å²) in [6.45, 7) is 7.85. The molecule has 6 heteroatoms. The minimum atomic E-state index is -1.00. The third-order valence-electron chi connectivity index (χ3n) is 2.47. The van der Waals surface area contributed by atoms with Crippen LogP contribution in [0.25, 0.3) is 0 Å². The second kappa shape index (κ2) is 10.6. The van der Waals surface area contributed by atoms with Crippen molar-refractivity contribution in [2.75, 3.05) is 32.8 Å². The molecule has 0 aromatic rings. The Hall–Kier alpha value is -1.30. The van der Waals surface area contributed by atoms with Gasteiger partial charge in [-0.05, 0) is 18.8 Å². The van der Waals surface area contributed by atoms with Crippen LogP contribution in [0.15, 0.2) is 0 Å². The van der Waals surface area contributed by atoms with E-state index in [-0.39, 0.29) is 12.6 Å². The fourth-order valence-corrected chi connectivity index (χ4v) is 1.45. The van der Waals surface area contributed by atoms with Crippen molar-refractivity contribution in [1.29, 1.82) is 0 Å². The molecule has 0 bridgehead atoms. The van der Waals surface area contributed by atoms with Crippen LogP contribution in [0.5, 0.6) is 0 Å². The third-order valence-corrected chi connectivity index (χ3v) is 2.47. The topological polar surface area (TPSA) is 78.9 Å². The third kappa shape index (κ3) is 10.3. The Kier molecular flexibility index (Phi) is 9.88. The second-order valence-electron chi connectivity index (χ2n) is 4.84. The first kappa shape index (κ1) is 17.7. The van der Waals surface area contributed by atoms with E-state index in [9.17, 15) is 9.59 Å². The highest BCUT2D eigenvalue weighted by Crippen LogP contribution is 1.98. The van der Waals surface area contributed by atoms with Gasteiger partial charge in [0.1, 0.15) is 6.54 Å². The largest absolute Gasteiger partial charge is 0.480 e. The van der Waals surface area contributed by atoms with E-state index in [4.69, 9.17) is 9.84 Å². The van der Waals surface area contributed by atoms with E-state index < -0.39 is 5.97 Å². The number of amides is 2. The molecule has 2 N–H and O–H groups in total. The van der Waals surface area contributed by atoms with Gasteiger partial charge in [0.15, 0.2) is 0 Å². The highest BCUT2D eigenvalue weighted by molar-refractivity contribution is 5.80. The molecule has 0 fully saturated rings. The number of ether oxygens (including phenoxy) is 1. The predicted octanol–water partition coefficient (Wildman–Crippen LogP) is 1.56. The lowest BCUT2D eigenvalue weighted by molar-refractivity contribution is -0.137. The summed E-state index contributed by atoms with van der Waals surface area (Å²) in [6, 6.07) is -0.350. The molecule has 0 saturated carbocycles. The number of aliphatic carboxylic acids is 1. The fraction of sp³-hybridized carbons (Fsp3) is 0.846. The Bertz CT molecular complexity index is 269. The zero-order valence-electron chi connectivity index (χ0n) is 12.1. The Morgan fingerprint density at radius 2 is 2.00 bits per heavy atom. The van der Waals surface area contributed by atoms with Gasteiger partial charge in [-0.2, -0.15) is 0 Å². The maximum atomic E-state index is 11.7. The van der Waals surface area contributed by atoms with Crippen LogP contribution < -0.4 is 5.32 Å². The van der Waals surface area contributed by atoms with Crippen molar-refractivity contribution in [3.8, 4) is 0 Å². The summed E-state index contributed by atoms with van der Waals surface area (Å²) in [6.07, 6.45) is 1.72. The number of nitrogens with one attached hydrogen (secondary N) is 1. The van der Waals surface area contributed by atoms with Crippen LogP contribution in [-0.4, -0.2) is 54.9 Å². The second-order valence-corrected chi connectivity index (χ2v) is 4.84. The van der Waals surface area contributed by atoms with Crippen molar-refractivity contribution >= 4 is 12.0 Å². The van der Waals surface area contributed by atoms with Crippen molar-refractivity contribution in [3.05, 3.63) is 0 Å². The van der Waals surface area contributed by atoms with E-state index in [1.54, 1.807) is 0 Å². The summed E-state index contributed by atoms with van der Waals surface area (Å²) in [5.41, 5.74) is 0. The molecule has 0 radical (unpaired) electrons. The molecule has 0 rings (SSSR count). The van der Waals surface area contributed by atoms with E-state index in [1.165, 1.54) is 4.90 Å². The van der Waals surface area contributed by atoms with Crippen molar-refractivity contribution in [2.45, 2.75) is 33.6 Å². The smallest absolute Gasteiger partial charge is 0.323 e. The standard InChI is InChI=1S/C13H26N2O4/c1-4-7-15(10-12(16)17)13(18)14-6-9-19-8-5-11(2)3/h11H,4-10H2,1-3H3,(H,14,18)(H,16,17). The maximum absolute atomic E-state index is 11.7. The number of carbonyl (C=O) groups excluding carboxylic acids is 1. The maximum Gasteiger partial charge on any atom is 0.323 e. The number of urea groups is 1. The van der Waals surface area contributed by atoms with E-state index in [0.717, 1.165) is 12.8 Å². The van der Waals surface area contributed by atoms with E-state index >= 15 is 0 Å². The highest BCUT2D eigenvalue weighted by atomic mass is 16.5. The first-order valence-corrected chi connectivity index (χ1v) is 6.79. The zero-order chi connectivity index (χ0) is 14.7. The number of rotatable bonds is 10. The van der Waals surface area contributed by atoms with Gasteiger partial charge in [-0.15, -0.1) is 0 Å². The molecule has 112 valence electrons. The average Bonchev–Trinajstić information content (AvgIpc) is 2.31. The Morgan fingerprint density at radius 3 is 2.53 bits per heavy atom. The minimum absolute atomic E-state index is 0.270. The molecule has 0 atom stereocenters. The van der Waals surface area contributed by atoms with E-state index in [1.807, 2.05) is 6.92 Å². The molecule has 0 aliphatic carbocycles. The summed E-state index contributed by atoms with van der Waals surface area (Å²) in [7, 11) is 0. The summed E-state index contributed by atoms with van der Waals surface area (Å²) in [4.78, 5) is 23.6. The Balaban J connectivity index is 3.77. The molecule has 0 heterocycles. The van der Waals surface area contributed by atoms with Crippen LogP contribution in [0.2, 0.25) is 0 Å². The van der Waals surface area contributed by atoms with Gasteiger partial charge < -0.3 is 20.1 Å². The van der Waals surface area contributed by atoms with Crippen LogP contribution in [0.4, 0.5) is 4.79 Å². The lowest BCUT2D eigenvalue weighted by atomic mass is 10.1. The van der Waals surface area contributed by atoms with Crippen LogP contribution in [-0.2, 0) is 9.53 Å². The lowest BCUT2D eigenvalue weighted by Gasteiger charge is -2.20. The molecule has 0 aromatic carbocycles. The van der Waals surface area contributed by atoms with Crippen molar-refractivity contribution < 1.29 is 19.4 Å². The summed E-state index contributed by atoms with van der Waals surface area (Å²) < 4.78 is 5.37. The summed E-state index contributed by atoms with van der Waals surface area (Å²) in [5, 5.41) is 11.4. The van der Waals surface area contributed by atoms with Gasteiger partial charge in [-0.25, -0.2) is 4.79 Å². The summed E-state index contributed by atoms with van der Waals surface area (Å²) in [5.74, 6) is -0.401. The molecule has 0 aliphatic heterocycles. The number of carboxylic acid groups (broad SMARTS) is 1. The van der Waals surface area contributed by atoms with Crippen LogP contribution in [0.3, 0.4) is 0 Å². The van der Waals surface area contributed by atoms with Crippen LogP contribution in [0, 0.1) is 5.92 Å². The first-order valence-electron chi connectivity index (χ1n) is 6.79. The van der Waals surface area contributed by atoms with Crippen LogP contribution in [0.1, 0.15) is 33.6 Å². The van der Waals surface area contributed by atoms with Gasteiger partial charge in [-0.3, -0.25) is 4.79 Å². The zero-order valence-corrected chi connectivity index (χ0v) is 12.1. The SMILES string of the molecule is CCCN(CC(=O)O)C(=O)NCCOCCC(C)C. The molecular weight excluding hydrogens is 248 g/mol. The molecule has 2 amide bonds. The minimum Gasteiger partial charge on any atom is -0.480 e. The van der Waals surface area contributed by atoms with Gasteiger partial charge in [0.05, 0.1) is 6.61 Å². The van der Waals surface area contributed by atoms with Gasteiger partial charge in [0.2, 0.25) is 0 Å².